The maximum absolute atomic E-state index is 12.8. The summed E-state index contributed by atoms with van der Waals surface area (Å²) in [5.74, 6) is 0.548. The lowest BCUT2D eigenvalue weighted by Gasteiger charge is -2.12. The van der Waals surface area contributed by atoms with Gasteiger partial charge >= 0.3 is 6.18 Å². The highest BCUT2D eigenvalue weighted by atomic mass is 35.5. The lowest BCUT2D eigenvalue weighted by atomic mass is 10.2. The number of hydrogen-bond acceptors (Lipinski definition) is 5. The number of anilines is 3. The molecule has 5 nitrogen and oxygen atoms in total. The average molecular weight is 346 g/mol. The van der Waals surface area contributed by atoms with Gasteiger partial charge in [0, 0.05) is 6.54 Å². The predicted octanol–water partition coefficient (Wildman–Crippen LogP) is 4.50. The third kappa shape index (κ3) is 4.95. The van der Waals surface area contributed by atoms with Gasteiger partial charge in [0.05, 0.1) is 22.5 Å². The van der Waals surface area contributed by atoms with Crippen molar-refractivity contribution >= 4 is 29.1 Å². The first-order valence-corrected chi connectivity index (χ1v) is 7.35. The Hall–Kier alpha value is -2.09. The molecule has 2 aromatic rings. The van der Waals surface area contributed by atoms with E-state index in [1.54, 1.807) is 0 Å². The average Bonchev–Trinajstić information content (AvgIpc) is 2.49. The fraction of sp³-hybridized carbons (Fsp3) is 0.357. The van der Waals surface area contributed by atoms with Crippen LogP contribution in [0.15, 0.2) is 24.4 Å². The van der Waals surface area contributed by atoms with Crippen molar-refractivity contribution in [2.75, 3.05) is 17.2 Å². The molecular weight excluding hydrogens is 331 g/mol. The van der Waals surface area contributed by atoms with E-state index in [0.717, 1.165) is 31.5 Å². The maximum Gasteiger partial charge on any atom is 0.416 e. The monoisotopic (exact) mass is 345 g/mol. The van der Waals surface area contributed by atoms with Crippen LogP contribution in [0.5, 0.6) is 0 Å². The summed E-state index contributed by atoms with van der Waals surface area (Å²) in [5.41, 5.74) is -0.747. The minimum Gasteiger partial charge on any atom is -0.369 e. The molecule has 1 aromatic heterocycles. The first-order valence-electron chi connectivity index (χ1n) is 6.97. The summed E-state index contributed by atoms with van der Waals surface area (Å²) in [4.78, 5) is 4.14. The fourth-order valence-corrected chi connectivity index (χ4v) is 1.92. The van der Waals surface area contributed by atoms with Gasteiger partial charge < -0.3 is 10.6 Å². The lowest BCUT2D eigenvalue weighted by molar-refractivity contribution is -0.137. The predicted molar refractivity (Wildman–Crippen MR) is 83.0 cm³/mol. The molecule has 0 atom stereocenters. The van der Waals surface area contributed by atoms with Crippen LogP contribution in [-0.2, 0) is 6.18 Å². The number of aromatic nitrogens is 3. The van der Waals surface area contributed by atoms with Gasteiger partial charge in [-0.1, -0.05) is 24.9 Å². The number of nitrogens with one attached hydrogen (secondary N) is 2. The van der Waals surface area contributed by atoms with Crippen molar-refractivity contribution in [3.8, 4) is 0 Å². The van der Waals surface area contributed by atoms with Crippen molar-refractivity contribution in [1.29, 1.82) is 0 Å². The van der Waals surface area contributed by atoms with Crippen LogP contribution in [-0.4, -0.2) is 21.7 Å². The number of rotatable bonds is 6. The Morgan fingerprint density at radius 3 is 2.74 bits per heavy atom. The summed E-state index contributed by atoms with van der Waals surface area (Å²) in [7, 11) is 0. The molecule has 0 spiro atoms. The Morgan fingerprint density at radius 1 is 1.26 bits per heavy atom. The Bertz CT molecular complexity index is 663. The molecule has 0 saturated heterocycles. The van der Waals surface area contributed by atoms with Crippen molar-refractivity contribution < 1.29 is 13.2 Å². The molecular formula is C14H15ClF3N5. The Kier molecular flexibility index (Phi) is 5.59. The Labute approximate surface area is 136 Å². The summed E-state index contributed by atoms with van der Waals surface area (Å²) in [6, 6.07) is 2.99. The molecule has 1 heterocycles. The molecule has 0 bridgehead atoms. The zero-order valence-electron chi connectivity index (χ0n) is 12.3. The standard InChI is InChI=1S/C14H15ClF3N5/c1-2-3-6-19-12-8-20-23-13(22-12)21-11-7-9(14(16,17)18)4-5-10(11)15/h4-5,7-8H,2-3,6H2,1H3,(H2,19,21,22,23). The minimum absolute atomic E-state index is 0.0627. The molecule has 2 rings (SSSR count). The molecule has 0 aliphatic carbocycles. The molecule has 2 N–H and O–H groups in total. The van der Waals surface area contributed by atoms with Gasteiger partial charge in [-0.05, 0) is 24.6 Å². The van der Waals surface area contributed by atoms with E-state index in [1.807, 2.05) is 0 Å². The highest BCUT2D eigenvalue weighted by Crippen LogP contribution is 2.34. The molecule has 124 valence electrons. The number of benzene rings is 1. The van der Waals surface area contributed by atoms with Gasteiger partial charge in [0.25, 0.3) is 0 Å². The number of halogens is 4. The summed E-state index contributed by atoms with van der Waals surface area (Å²) in [6.45, 7) is 2.78. The van der Waals surface area contributed by atoms with E-state index < -0.39 is 11.7 Å². The zero-order chi connectivity index (χ0) is 16.9. The van der Waals surface area contributed by atoms with E-state index in [0.29, 0.717) is 5.82 Å². The van der Waals surface area contributed by atoms with Crippen molar-refractivity contribution in [2.45, 2.75) is 25.9 Å². The van der Waals surface area contributed by atoms with Crippen LogP contribution in [0.3, 0.4) is 0 Å². The fourth-order valence-electron chi connectivity index (χ4n) is 1.75. The second-order valence-corrected chi connectivity index (χ2v) is 5.17. The van der Waals surface area contributed by atoms with Crippen molar-refractivity contribution in [1.82, 2.24) is 15.2 Å². The number of unbranched alkanes of at least 4 members (excludes halogenated alkanes) is 1. The van der Waals surface area contributed by atoms with Crippen LogP contribution in [0.25, 0.3) is 0 Å². The SMILES string of the molecule is CCCCNc1cnnc(Nc2cc(C(F)(F)F)ccc2Cl)n1. The van der Waals surface area contributed by atoms with Crippen LogP contribution in [0.2, 0.25) is 5.02 Å². The van der Waals surface area contributed by atoms with Crippen LogP contribution >= 0.6 is 11.6 Å². The van der Waals surface area contributed by atoms with Gasteiger partial charge in [0.15, 0.2) is 5.82 Å². The van der Waals surface area contributed by atoms with E-state index >= 15 is 0 Å². The zero-order valence-corrected chi connectivity index (χ0v) is 13.0. The van der Waals surface area contributed by atoms with Crippen molar-refractivity contribution in [2.24, 2.45) is 0 Å². The van der Waals surface area contributed by atoms with E-state index in [1.165, 1.54) is 12.3 Å². The third-order valence-electron chi connectivity index (χ3n) is 2.94. The summed E-state index contributed by atoms with van der Waals surface area (Å²) >= 11 is 5.92. The minimum atomic E-state index is -4.45. The topological polar surface area (TPSA) is 62.7 Å². The molecule has 0 radical (unpaired) electrons. The number of nitrogens with zero attached hydrogens (tertiary/aromatic N) is 3. The molecule has 1 aromatic carbocycles. The Morgan fingerprint density at radius 2 is 2.04 bits per heavy atom. The van der Waals surface area contributed by atoms with Gasteiger partial charge in [0.2, 0.25) is 5.95 Å². The summed E-state index contributed by atoms with van der Waals surface area (Å²) < 4.78 is 38.3. The van der Waals surface area contributed by atoms with Gasteiger partial charge in [-0.25, -0.2) is 0 Å². The second kappa shape index (κ2) is 7.45. The smallest absolute Gasteiger partial charge is 0.369 e. The molecule has 0 aliphatic rings. The first-order chi connectivity index (χ1) is 10.9. The summed E-state index contributed by atoms with van der Waals surface area (Å²) in [5, 5.41) is 13.3. The number of hydrogen-bond donors (Lipinski definition) is 2. The van der Waals surface area contributed by atoms with E-state index in [9.17, 15) is 13.2 Å². The van der Waals surface area contributed by atoms with Gasteiger partial charge in [-0.15, -0.1) is 5.10 Å². The quantitative estimate of drug-likeness (QED) is 0.755. The van der Waals surface area contributed by atoms with Crippen LogP contribution in [0.4, 0.5) is 30.6 Å². The molecule has 0 fully saturated rings. The molecule has 9 heteroatoms. The highest BCUT2D eigenvalue weighted by Gasteiger charge is 2.31. The van der Waals surface area contributed by atoms with Crippen molar-refractivity contribution in [3.63, 3.8) is 0 Å². The van der Waals surface area contributed by atoms with E-state index in [-0.39, 0.29) is 16.7 Å². The maximum atomic E-state index is 12.8. The molecule has 0 saturated carbocycles. The highest BCUT2D eigenvalue weighted by molar-refractivity contribution is 6.33. The van der Waals surface area contributed by atoms with Crippen molar-refractivity contribution in [3.05, 3.63) is 35.0 Å². The molecule has 23 heavy (non-hydrogen) atoms. The first kappa shape index (κ1) is 17.3. The molecule has 0 amide bonds. The largest absolute Gasteiger partial charge is 0.416 e. The summed E-state index contributed by atoms with van der Waals surface area (Å²) in [6.07, 6.45) is -1.03. The number of alkyl halides is 3. The van der Waals surface area contributed by atoms with Gasteiger partial charge in [0.1, 0.15) is 0 Å². The molecule has 0 unspecified atom stereocenters. The van der Waals surface area contributed by atoms with Crippen LogP contribution in [0, 0.1) is 0 Å². The van der Waals surface area contributed by atoms with Gasteiger partial charge in [-0.2, -0.15) is 23.3 Å². The van der Waals surface area contributed by atoms with E-state index in [4.69, 9.17) is 11.6 Å². The van der Waals surface area contributed by atoms with E-state index in [2.05, 4.69) is 32.7 Å². The third-order valence-corrected chi connectivity index (χ3v) is 3.27. The second-order valence-electron chi connectivity index (χ2n) is 4.76. The molecule has 0 aliphatic heterocycles. The van der Waals surface area contributed by atoms with Gasteiger partial charge in [-0.3, -0.25) is 0 Å². The lowest BCUT2D eigenvalue weighted by Crippen LogP contribution is -2.08. The van der Waals surface area contributed by atoms with Crippen LogP contribution < -0.4 is 10.6 Å². The Balaban J connectivity index is 2.17. The van der Waals surface area contributed by atoms with Crippen LogP contribution in [0.1, 0.15) is 25.3 Å². The normalized spacial score (nSPS) is 11.3.